The molecule has 0 aliphatic carbocycles. The summed E-state index contributed by atoms with van der Waals surface area (Å²) in [6, 6.07) is 16.0. The van der Waals surface area contributed by atoms with Crippen LogP contribution in [-0.2, 0) is 24.2 Å². The van der Waals surface area contributed by atoms with Gasteiger partial charge < -0.3 is 25.0 Å². The number of carbonyl (C=O) groups excluding carboxylic acids is 3. The second-order valence-corrected chi connectivity index (χ2v) is 10.8. The number of hydrogen-bond acceptors (Lipinski definition) is 6. The van der Waals surface area contributed by atoms with Gasteiger partial charge in [-0.25, -0.2) is 8.78 Å². The van der Waals surface area contributed by atoms with E-state index in [4.69, 9.17) is 4.55 Å². The molecule has 0 saturated carbocycles. The van der Waals surface area contributed by atoms with Crippen molar-refractivity contribution < 1.29 is 27.7 Å². The molecule has 11 heteroatoms. The second-order valence-electron chi connectivity index (χ2n) is 10.8. The zero-order valence-electron chi connectivity index (χ0n) is 25.9. The number of halogens is 2. The average Bonchev–Trinajstić information content (AvgIpc) is 2.99. The van der Waals surface area contributed by atoms with Gasteiger partial charge in [0.05, 0.1) is 6.54 Å². The van der Waals surface area contributed by atoms with Crippen molar-refractivity contribution in [3.63, 3.8) is 0 Å². The maximum Gasteiger partial charge on any atom is 0.254 e. The number of benzene rings is 3. The van der Waals surface area contributed by atoms with E-state index in [2.05, 4.69) is 42.6 Å². The summed E-state index contributed by atoms with van der Waals surface area (Å²) in [4.78, 5) is 41.2. The Morgan fingerprint density at radius 3 is 2.16 bits per heavy atom. The largest absolute Gasteiger partial charge is 0.349 e. The Balaban J connectivity index is 0.00000330. The summed E-state index contributed by atoms with van der Waals surface area (Å²) < 4.78 is 34.5. The number of hydrogen-bond donors (Lipinski definition) is 4. The number of nitrogens with zero attached hydrogens (tertiary/aromatic N) is 2. The van der Waals surface area contributed by atoms with Crippen LogP contribution in [0.4, 0.5) is 8.78 Å². The van der Waals surface area contributed by atoms with Gasteiger partial charge >= 0.3 is 0 Å². The van der Waals surface area contributed by atoms with E-state index in [0.29, 0.717) is 30.6 Å². The van der Waals surface area contributed by atoms with Crippen LogP contribution in [0.2, 0.25) is 0 Å². The maximum atomic E-state index is 13.9. The third-order valence-corrected chi connectivity index (χ3v) is 6.94. The number of likely N-dealkylation sites (N-methyl/N-ethyl adjacent to an activating group) is 2. The van der Waals surface area contributed by atoms with Crippen molar-refractivity contribution in [3.05, 3.63) is 106 Å². The Morgan fingerprint density at radius 1 is 0.886 bits per heavy atom. The van der Waals surface area contributed by atoms with Gasteiger partial charge in [0, 0.05) is 50.9 Å². The smallest absolute Gasteiger partial charge is 0.254 e. The molecule has 8 nitrogen and oxygen atoms in total. The molecule has 238 valence electrons. The van der Waals surface area contributed by atoms with E-state index in [1.165, 1.54) is 40.6 Å². The summed E-state index contributed by atoms with van der Waals surface area (Å²) in [7, 11) is 4.76. The highest BCUT2D eigenvalue weighted by atomic mass is 32.1. The van der Waals surface area contributed by atoms with Gasteiger partial charge in [0.2, 0.25) is 5.91 Å². The predicted molar refractivity (Wildman–Crippen MR) is 172 cm³/mol. The molecule has 3 aromatic rings. The summed E-state index contributed by atoms with van der Waals surface area (Å²) in [6.07, 6.45) is 1.67. The first-order valence-electron chi connectivity index (χ1n) is 14.3. The van der Waals surface area contributed by atoms with Gasteiger partial charge in [-0.3, -0.25) is 14.4 Å². The molecule has 0 spiro atoms. The van der Waals surface area contributed by atoms with E-state index in [0.717, 1.165) is 18.1 Å². The second kappa shape index (κ2) is 18.1. The SMILES string of the molecule is CCc1cccc(CNCC[C@H](Cc2cc(F)cc(F)c2)NC(=O)c2cc(C)cc(C(=O)N(C)CC(=O)N(C)C)c2)c1.OS. The standard InChI is InChI=1S/C33H40F2N4O3.H2OS/c1-6-23-8-7-9-24(14-23)20-36-11-10-30(17-25-15-28(34)19-29(35)16-25)37-32(41)26-12-22(2)13-27(18-26)33(42)39(5)21-31(40)38(3)4;1-2/h7-9,12-16,18-19,30,36H,6,10-11,17,20-21H2,1-5H3,(H,37,41);1-2H/t30-;/m1./s1. The molecule has 0 aliphatic heterocycles. The van der Waals surface area contributed by atoms with Gasteiger partial charge in [-0.1, -0.05) is 31.2 Å². The lowest BCUT2D eigenvalue weighted by Gasteiger charge is -2.21. The van der Waals surface area contributed by atoms with Crippen LogP contribution in [0.1, 0.15) is 56.3 Å². The average molecular weight is 629 g/mol. The molecule has 0 radical (unpaired) electrons. The van der Waals surface area contributed by atoms with Crippen molar-refractivity contribution in [2.45, 2.75) is 45.7 Å². The third-order valence-electron chi connectivity index (χ3n) is 6.94. The van der Waals surface area contributed by atoms with Crippen molar-refractivity contribution in [2.24, 2.45) is 0 Å². The molecule has 0 heterocycles. The van der Waals surface area contributed by atoms with Crippen molar-refractivity contribution in [1.82, 2.24) is 20.4 Å². The molecule has 3 N–H and O–H groups in total. The minimum absolute atomic E-state index is 0.0939. The highest BCUT2D eigenvalue weighted by Gasteiger charge is 2.20. The van der Waals surface area contributed by atoms with Gasteiger partial charge in [-0.05, 0) is 98.2 Å². The Labute approximate surface area is 264 Å². The van der Waals surface area contributed by atoms with Gasteiger partial charge in [-0.2, -0.15) is 0 Å². The minimum atomic E-state index is -0.678. The van der Waals surface area contributed by atoms with E-state index in [-0.39, 0.29) is 35.9 Å². The zero-order valence-corrected chi connectivity index (χ0v) is 26.8. The number of carbonyl (C=O) groups is 3. The van der Waals surface area contributed by atoms with Crippen LogP contribution < -0.4 is 10.6 Å². The molecule has 44 heavy (non-hydrogen) atoms. The zero-order chi connectivity index (χ0) is 32.8. The van der Waals surface area contributed by atoms with E-state index in [9.17, 15) is 23.2 Å². The van der Waals surface area contributed by atoms with Crippen molar-refractivity contribution in [3.8, 4) is 0 Å². The van der Waals surface area contributed by atoms with E-state index >= 15 is 0 Å². The quantitative estimate of drug-likeness (QED) is 0.123. The number of thiol groups is 1. The van der Waals surface area contributed by atoms with Crippen molar-refractivity contribution in [1.29, 1.82) is 0 Å². The van der Waals surface area contributed by atoms with Crippen molar-refractivity contribution in [2.75, 3.05) is 34.2 Å². The lowest BCUT2D eigenvalue weighted by atomic mass is 10.0. The molecule has 0 aliphatic rings. The van der Waals surface area contributed by atoms with E-state index < -0.39 is 23.6 Å². The monoisotopic (exact) mass is 628 g/mol. The highest BCUT2D eigenvalue weighted by Crippen LogP contribution is 2.15. The molecule has 1 atom stereocenters. The number of amides is 3. The fraction of sp³-hybridized carbons (Fsp3) is 0.364. The number of rotatable bonds is 13. The van der Waals surface area contributed by atoms with Crippen molar-refractivity contribution >= 4 is 30.6 Å². The van der Waals surface area contributed by atoms with Crippen LogP contribution in [0.3, 0.4) is 0 Å². The summed E-state index contributed by atoms with van der Waals surface area (Å²) in [6.45, 7) is 5.00. The van der Waals surface area contributed by atoms with Crippen LogP contribution in [-0.4, -0.2) is 72.3 Å². The molecule has 3 rings (SSSR count). The molecule has 3 aromatic carbocycles. The van der Waals surface area contributed by atoms with Crippen LogP contribution >= 0.6 is 12.9 Å². The van der Waals surface area contributed by atoms with Crippen LogP contribution in [0.15, 0.2) is 60.7 Å². The van der Waals surface area contributed by atoms with Gasteiger partial charge in [0.1, 0.15) is 11.6 Å². The summed E-state index contributed by atoms with van der Waals surface area (Å²) in [5.74, 6) is -2.37. The van der Waals surface area contributed by atoms with Gasteiger partial charge in [0.25, 0.3) is 11.8 Å². The Hall–Kier alpha value is -3.80. The van der Waals surface area contributed by atoms with Crippen LogP contribution in [0, 0.1) is 18.6 Å². The lowest BCUT2D eigenvalue weighted by molar-refractivity contribution is -0.129. The Bertz CT molecular complexity index is 1400. The van der Waals surface area contributed by atoms with E-state index in [1.54, 1.807) is 33.2 Å². The fourth-order valence-electron chi connectivity index (χ4n) is 4.65. The van der Waals surface area contributed by atoms with Crippen LogP contribution in [0.5, 0.6) is 0 Å². The maximum absolute atomic E-state index is 13.9. The number of nitrogens with one attached hydrogen (secondary N) is 2. The molecule has 0 aromatic heterocycles. The van der Waals surface area contributed by atoms with Gasteiger partial charge in [0.15, 0.2) is 0 Å². The highest BCUT2D eigenvalue weighted by molar-refractivity contribution is 7.74. The topological polar surface area (TPSA) is 102 Å². The summed E-state index contributed by atoms with van der Waals surface area (Å²) in [5.41, 5.74) is 4.11. The molecule has 0 fully saturated rings. The molecule has 3 amide bonds. The first-order chi connectivity index (χ1) is 20.9. The lowest BCUT2D eigenvalue weighted by Crippen LogP contribution is -2.39. The van der Waals surface area contributed by atoms with Crippen LogP contribution in [0.25, 0.3) is 0 Å². The number of aryl methyl sites for hydroxylation is 2. The predicted octanol–water partition coefficient (Wildman–Crippen LogP) is 4.91. The third kappa shape index (κ3) is 11.7. The Morgan fingerprint density at radius 2 is 1.52 bits per heavy atom. The molecule has 0 bridgehead atoms. The molecular formula is C33H42F2N4O4S. The minimum Gasteiger partial charge on any atom is -0.349 e. The normalized spacial score (nSPS) is 11.2. The first kappa shape index (κ1) is 36.4. The Kier molecular flexibility index (Phi) is 15.0. The fourth-order valence-corrected chi connectivity index (χ4v) is 4.65. The molecule has 0 unspecified atom stereocenters. The van der Waals surface area contributed by atoms with Gasteiger partial charge in [-0.15, -0.1) is 0 Å². The summed E-state index contributed by atoms with van der Waals surface area (Å²) >= 11 is 2.53. The molecular weight excluding hydrogens is 586 g/mol. The van der Waals surface area contributed by atoms with E-state index in [1.807, 2.05) is 12.1 Å². The first-order valence-corrected chi connectivity index (χ1v) is 14.7. The molecule has 0 saturated heterocycles. The summed E-state index contributed by atoms with van der Waals surface area (Å²) in [5, 5.41) is 6.39.